The van der Waals surface area contributed by atoms with Gasteiger partial charge in [-0.1, -0.05) is 123 Å². The zero-order chi connectivity index (χ0) is 23.4. The zero-order valence-electron chi connectivity index (χ0n) is 22.3. The predicted molar refractivity (Wildman–Crippen MR) is 142 cm³/mol. The molecule has 1 rings (SSSR count). The van der Waals surface area contributed by atoms with Gasteiger partial charge in [-0.05, 0) is 32.3 Å². The van der Waals surface area contributed by atoms with Crippen molar-refractivity contribution in [3.8, 4) is 0 Å². The highest BCUT2D eigenvalue weighted by Crippen LogP contribution is 2.21. The van der Waals surface area contributed by atoms with E-state index in [0.717, 1.165) is 24.9 Å². The van der Waals surface area contributed by atoms with Gasteiger partial charge >= 0.3 is 0 Å². The van der Waals surface area contributed by atoms with Crippen LogP contribution in [-0.2, 0) is 6.54 Å². The van der Waals surface area contributed by atoms with Gasteiger partial charge in [-0.3, -0.25) is 4.79 Å². The van der Waals surface area contributed by atoms with Crippen molar-refractivity contribution in [3.05, 3.63) is 23.0 Å². The van der Waals surface area contributed by atoms with Crippen LogP contribution < -0.4 is 0 Å². The third-order valence-electron chi connectivity index (χ3n) is 7.08. The second kappa shape index (κ2) is 19.4. The van der Waals surface area contributed by atoms with Crippen molar-refractivity contribution in [1.29, 1.82) is 0 Å². The molecule has 0 bridgehead atoms. The number of carbonyl (C=O) groups is 1. The van der Waals surface area contributed by atoms with Crippen molar-refractivity contribution >= 4 is 5.78 Å². The number of ketones is 1. The number of aromatic nitrogens is 1. The number of hydrogen-bond donors (Lipinski definition) is 0. The van der Waals surface area contributed by atoms with Crippen LogP contribution in [0, 0.1) is 13.8 Å². The first-order valence-corrected chi connectivity index (χ1v) is 14.3. The van der Waals surface area contributed by atoms with E-state index in [-0.39, 0.29) is 0 Å². The first-order chi connectivity index (χ1) is 15.6. The molecule has 0 aliphatic heterocycles. The lowest BCUT2D eigenvalue weighted by atomic mass is 10.0. The summed E-state index contributed by atoms with van der Waals surface area (Å²) >= 11 is 0. The molecule has 0 aliphatic carbocycles. The summed E-state index contributed by atoms with van der Waals surface area (Å²) < 4.78 is 2.31. The SMILES string of the molecule is CCCCCCCCCCCCCCCCCC(=O)c1c(C)cn(CCCCCC)c1C. The number of unbranched alkanes of at least 4 members (excludes halogenated alkanes) is 17. The number of Topliss-reactive ketones (excluding diaryl/α,β-unsaturated/α-hetero) is 1. The van der Waals surface area contributed by atoms with Gasteiger partial charge in [0.25, 0.3) is 0 Å². The Hall–Kier alpha value is -1.05. The Morgan fingerprint density at radius 1 is 0.625 bits per heavy atom. The van der Waals surface area contributed by atoms with E-state index < -0.39 is 0 Å². The molecule has 2 nitrogen and oxygen atoms in total. The third-order valence-corrected chi connectivity index (χ3v) is 7.08. The fraction of sp³-hybridized carbons (Fsp3) is 0.833. The molecule has 0 radical (unpaired) electrons. The average molecular weight is 446 g/mol. The lowest BCUT2D eigenvalue weighted by Crippen LogP contribution is -2.05. The van der Waals surface area contributed by atoms with Crippen LogP contribution >= 0.6 is 0 Å². The fourth-order valence-electron chi connectivity index (χ4n) is 4.97. The van der Waals surface area contributed by atoms with Crippen LogP contribution in [0.3, 0.4) is 0 Å². The zero-order valence-corrected chi connectivity index (χ0v) is 22.3. The third kappa shape index (κ3) is 12.9. The summed E-state index contributed by atoms with van der Waals surface area (Å²) in [7, 11) is 0. The van der Waals surface area contributed by atoms with E-state index in [0.29, 0.717) is 5.78 Å². The first kappa shape index (κ1) is 29.0. The number of nitrogens with zero attached hydrogens (tertiary/aromatic N) is 1. The molecule has 186 valence electrons. The molecule has 1 aromatic heterocycles. The Morgan fingerprint density at radius 3 is 1.50 bits per heavy atom. The van der Waals surface area contributed by atoms with Crippen molar-refractivity contribution in [2.24, 2.45) is 0 Å². The standard InChI is InChI=1S/C30H55NO/c1-5-7-9-11-12-13-14-15-16-17-18-19-20-21-22-24-29(32)30-27(3)26-31(28(30)4)25-23-10-8-6-2/h26H,5-25H2,1-4H3. The maximum atomic E-state index is 12.8. The molecule has 0 fully saturated rings. The van der Waals surface area contributed by atoms with Crippen LogP contribution in [0.25, 0.3) is 0 Å². The normalized spacial score (nSPS) is 11.4. The lowest BCUT2D eigenvalue weighted by molar-refractivity contribution is 0.0978. The summed E-state index contributed by atoms with van der Waals surface area (Å²) in [5.41, 5.74) is 3.36. The number of rotatable bonds is 22. The van der Waals surface area contributed by atoms with Crippen LogP contribution in [0.2, 0.25) is 0 Å². The highest BCUT2D eigenvalue weighted by molar-refractivity contribution is 5.98. The summed E-state index contributed by atoms with van der Waals surface area (Å²) in [6.45, 7) is 9.83. The number of aryl methyl sites for hydroxylation is 2. The van der Waals surface area contributed by atoms with E-state index in [2.05, 4.69) is 38.5 Å². The molecule has 0 aromatic carbocycles. The van der Waals surface area contributed by atoms with Gasteiger partial charge in [-0.2, -0.15) is 0 Å². The van der Waals surface area contributed by atoms with E-state index in [1.165, 1.54) is 127 Å². The smallest absolute Gasteiger partial charge is 0.164 e. The van der Waals surface area contributed by atoms with E-state index >= 15 is 0 Å². The molecule has 32 heavy (non-hydrogen) atoms. The van der Waals surface area contributed by atoms with Gasteiger partial charge in [0.1, 0.15) is 0 Å². The molecule has 0 amide bonds. The van der Waals surface area contributed by atoms with Crippen molar-refractivity contribution in [2.75, 3.05) is 0 Å². The van der Waals surface area contributed by atoms with Gasteiger partial charge in [0.05, 0.1) is 0 Å². The second-order valence-corrected chi connectivity index (χ2v) is 10.1. The molecule has 0 atom stereocenters. The number of hydrogen-bond acceptors (Lipinski definition) is 1. The van der Waals surface area contributed by atoms with Gasteiger partial charge in [-0.15, -0.1) is 0 Å². The highest BCUT2D eigenvalue weighted by atomic mass is 16.1. The Labute approximate surface area is 201 Å². The van der Waals surface area contributed by atoms with Crippen LogP contribution in [0.15, 0.2) is 6.20 Å². The van der Waals surface area contributed by atoms with Crippen molar-refractivity contribution in [1.82, 2.24) is 4.57 Å². The van der Waals surface area contributed by atoms with Crippen molar-refractivity contribution < 1.29 is 4.79 Å². The van der Waals surface area contributed by atoms with Gasteiger partial charge < -0.3 is 4.57 Å². The molecule has 0 N–H and O–H groups in total. The Bertz CT molecular complexity index is 586. The molecular weight excluding hydrogens is 390 g/mol. The van der Waals surface area contributed by atoms with E-state index in [4.69, 9.17) is 0 Å². The summed E-state index contributed by atoms with van der Waals surface area (Å²) in [6.07, 6.45) is 28.5. The summed E-state index contributed by atoms with van der Waals surface area (Å²) in [5.74, 6) is 0.363. The molecule has 0 unspecified atom stereocenters. The fourth-order valence-corrected chi connectivity index (χ4v) is 4.97. The lowest BCUT2D eigenvalue weighted by Gasteiger charge is -2.07. The first-order valence-electron chi connectivity index (χ1n) is 14.3. The predicted octanol–water partition coefficient (Wildman–Crippen LogP) is 10.1. The van der Waals surface area contributed by atoms with E-state index in [9.17, 15) is 4.79 Å². The van der Waals surface area contributed by atoms with E-state index in [1.54, 1.807) is 0 Å². The maximum absolute atomic E-state index is 12.8. The summed E-state index contributed by atoms with van der Waals surface area (Å²) in [5, 5.41) is 0. The molecule has 0 spiro atoms. The topological polar surface area (TPSA) is 22.0 Å². The molecule has 0 saturated carbocycles. The molecule has 1 aromatic rings. The van der Waals surface area contributed by atoms with Crippen molar-refractivity contribution in [3.63, 3.8) is 0 Å². The largest absolute Gasteiger partial charge is 0.351 e. The summed E-state index contributed by atoms with van der Waals surface area (Å²) in [6, 6.07) is 0. The Balaban J connectivity index is 2.04. The molecule has 0 aliphatic rings. The minimum Gasteiger partial charge on any atom is -0.351 e. The van der Waals surface area contributed by atoms with Gasteiger partial charge in [0.15, 0.2) is 5.78 Å². The Morgan fingerprint density at radius 2 is 1.03 bits per heavy atom. The van der Waals surface area contributed by atoms with Crippen LogP contribution in [0.4, 0.5) is 0 Å². The summed E-state index contributed by atoms with van der Waals surface area (Å²) in [4.78, 5) is 12.8. The van der Waals surface area contributed by atoms with Crippen LogP contribution in [-0.4, -0.2) is 10.4 Å². The molecule has 0 saturated heterocycles. The van der Waals surface area contributed by atoms with Crippen LogP contribution in [0.1, 0.15) is 164 Å². The minimum absolute atomic E-state index is 0.363. The molecular formula is C30H55NO. The van der Waals surface area contributed by atoms with E-state index in [1.807, 2.05) is 0 Å². The second-order valence-electron chi connectivity index (χ2n) is 10.1. The quantitative estimate of drug-likeness (QED) is 0.128. The van der Waals surface area contributed by atoms with Crippen LogP contribution in [0.5, 0.6) is 0 Å². The average Bonchev–Trinajstić information content (AvgIpc) is 3.06. The monoisotopic (exact) mass is 445 g/mol. The maximum Gasteiger partial charge on any atom is 0.164 e. The minimum atomic E-state index is 0.363. The number of carbonyl (C=O) groups excluding carboxylic acids is 1. The Kier molecular flexibility index (Phi) is 17.6. The van der Waals surface area contributed by atoms with Crippen molar-refractivity contribution in [2.45, 2.75) is 163 Å². The molecule has 1 heterocycles. The van der Waals surface area contributed by atoms with Gasteiger partial charge in [0.2, 0.25) is 0 Å². The van der Waals surface area contributed by atoms with Gasteiger partial charge in [-0.25, -0.2) is 0 Å². The van der Waals surface area contributed by atoms with Gasteiger partial charge in [0, 0.05) is 30.4 Å². The molecule has 2 heteroatoms. The highest BCUT2D eigenvalue weighted by Gasteiger charge is 2.16.